The molecule has 0 heterocycles. The number of hydrogen-bond acceptors (Lipinski definition) is 0. The van der Waals surface area contributed by atoms with E-state index >= 15 is 0 Å². The molecule has 160 valence electrons. The van der Waals surface area contributed by atoms with Crippen molar-refractivity contribution in [3.63, 3.8) is 0 Å². The summed E-state index contributed by atoms with van der Waals surface area (Å²) in [7, 11) is -0.820. The van der Waals surface area contributed by atoms with Gasteiger partial charge in [-0.05, 0) is 47.2 Å². The quantitative estimate of drug-likeness (QED) is 0.238. The Balaban J connectivity index is -0.000000174. The van der Waals surface area contributed by atoms with Gasteiger partial charge in [-0.15, -0.1) is 7.26 Å². The van der Waals surface area contributed by atoms with Gasteiger partial charge in [-0.25, -0.2) is 0 Å². The van der Waals surface area contributed by atoms with Crippen LogP contribution in [0.5, 0.6) is 0 Å². The minimum Gasteiger partial charge on any atom is -0.358 e. The molecular weight excluding hydrogens is 475 g/mol. The molecule has 0 spiro atoms. The van der Waals surface area contributed by atoms with Gasteiger partial charge in [0.15, 0.2) is 0 Å². The van der Waals surface area contributed by atoms with Crippen LogP contribution in [0.3, 0.4) is 0 Å². The van der Waals surface area contributed by atoms with E-state index in [-0.39, 0.29) is 68.5 Å². The minimum absolute atomic E-state index is 0. The Morgan fingerprint density at radius 2 is 1.44 bits per heavy atom. The Morgan fingerprint density at radius 3 is 1.63 bits per heavy atom. The summed E-state index contributed by atoms with van der Waals surface area (Å²) in [6, 6.07) is 0. The van der Waals surface area contributed by atoms with Crippen LogP contribution in [0.15, 0.2) is 36.0 Å². The average Bonchev–Trinajstić information content (AvgIpc) is 2.94. The first-order chi connectivity index (χ1) is 10.2. The smallest absolute Gasteiger partial charge is 0.0428 e. The molecule has 0 N–H and O–H groups in total. The van der Waals surface area contributed by atoms with Crippen LogP contribution >= 0.6 is 7.26 Å². The van der Waals surface area contributed by atoms with Crippen molar-refractivity contribution in [2.45, 2.75) is 66.5 Å². The predicted octanol–water partition coefficient (Wildman–Crippen LogP) is 8.71. The summed E-state index contributed by atoms with van der Waals surface area (Å²) >= 11 is 0. The van der Waals surface area contributed by atoms with Gasteiger partial charge in [0.25, 0.3) is 0 Å². The fourth-order valence-corrected chi connectivity index (χ4v) is 5.01. The van der Waals surface area contributed by atoms with Gasteiger partial charge in [0.2, 0.25) is 0 Å². The fraction of sp³-hybridized carbons (Fsp3) is 0.600. The maximum atomic E-state index is 4.38. The normalized spacial score (nSPS) is 21.5. The second-order valence-electron chi connectivity index (χ2n) is 10.1. The van der Waals surface area contributed by atoms with Gasteiger partial charge in [0.05, 0.1) is 0 Å². The zero-order valence-electron chi connectivity index (χ0n) is 20.4. The molecule has 0 nitrogen and oxygen atoms in total. The zero-order chi connectivity index (χ0) is 18.1. The van der Waals surface area contributed by atoms with Crippen LogP contribution in [0.1, 0.15) is 60.8 Å². The van der Waals surface area contributed by atoms with Crippen molar-refractivity contribution in [3.8, 4) is 0 Å². The zero-order valence-corrected chi connectivity index (χ0v) is 24.5. The molecule has 27 heavy (non-hydrogen) atoms. The van der Waals surface area contributed by atoms with Crippen molar-refractivity contribution in [1.29, 1.82) is 0 Å². The molecule has 0 bridgehead atoms. The second kappa shape index (κ2) is 13.3. The number of hydrogen-bond donors (Lipinski definition) is 0. The van der Waals surface area contributed by atoms with Crippen molar-refractivity contribution in [2.75, 3.05) is 13.3 Å². The molecule has 1 saturated carbocycles. The van der Waals surface area contributed by atoms with Gasteiger partial charge >= 0.3 is 0 Å². The Bertz CT molecular complexity index is 458. The van der Waals surface area contributed by atoms with E-state index in [0.717, 1.165) is 17.2 Å². The molecule has 0 radical (unpaired) electrons. The van der Waals surface area contributed by atoms with Gasteiger partial charge in [-0.2, -0.15) is 6.66 Å². The Morgan fingerprint density at radius 1 is 0.963 bits per heavy atom. The first-order valence-corrected chi connectivity index (χ1v) is 11.9. The van der Waals surface area contributed by atoms with Crippen LogP contribution in [-0.2, 0) is 0 Å². The van der Waals surface area contributed by atoms with E-state index in [1.165, 1.54) is 24.8 Å². The van der Waals surface area contributed by atoms with Gasteiger partial charge in [-0.3, -0.25) is 0 Å². The third-order valence-electron chi connectivity index (χ3n) is 5.30. The first-order valence-electron chi connectivity index (χ1n) is 8.98. The molecule has 2 heteroatoms. The van der Waals surface area contributed by atoms with Crippen LogP contribution < -0.4 is 0 Å². The van der Waals surface area contributed by atoms with E-state index in [1.54, 1.807) is 0 Å². The van der Waals surface area contributed by atoms with Crippen molar-refractivity contribution in [2.24, 2.45) is 16.7 Å². The summed E-state index contributed by atoms with van der Waals surface area (Å²) in [5.74, 6) is 0.943. The Kier molecular flexibility index (Phi) is 17.5. The summed E-state index contributed by atoms with van der Waals surface area (Å²) in [4.78, 5) is 0. The third-order valence-corrected chi connectivity index (χ3v) is 7.75. The summed E-state index contributed by atoms with van der Waals surface area (Å²) < 4.78 is 0. The monoisotopic (exact) mass is 521 g/mol. The average molecular weight is 524 g/mol. The molecule has 0 aromatic rings. The number of allylic oxidation sites excluding steroid dienone is 5. The topological polar surface area (TPSA) is 0 Å². The molecule has 2 rings (SSSR count). The Labute approximate surface area is 208 Å². The van der Waals surface area contributed by atoms with E-state index in [0.29, 0.717) is 5.41 Å². The van der Waals surface area contributed by atoms with Crippen LogP contribution in [0.25, 0.3) is 0 Å². The summed E-state index contributed by atoms with van der Waals surface area (Å²) in [6.07, 6.45) is 10.6. The van der Waals surface area contributed by atoms with E-state index in [9.17, 15) is 0 Å². The van der Waals surface area contributed by atoms with Crippen molar-refractivity contribution in [1.82, 2.24) is 0 Å². The largest absolute Gasteiger partial charge is 0.358 e. The molecule has 0 aromatic carbocycles. The molecule has 2 aliphatic rings. The van der Waals surface area contributed by atoms with Crippen LogP contribution in [-0.4, -0.2) is 19.0 Å². The van der Waals surface area contributed by atoms with Gasteiger partial charge in [-0.1, -0.05) is 66.3 Å². The van der Waals surface area contributed by atoms with E-state index in [1.807, 2.05) is 0 Å². The van der Waals surface area contributed by atoms with Gasteiger partial charge < -0.3 is 22.3 Å². The van der Waals surface area contributed by atoms with E-state index in [2.05, 4.69) is 86.3 Å². The molecule has 2 aliphatic carbocycles. The van der Waals surface area contributed by atoms with Crippen LogP contribution in [0, 0.1) is 86.5 Å². The van der Waals surface area contributed by atoms with Crippen molar-refractivity contribution in [3.05, 3.63) is 64.9 Å². The summed E-state index contributed by atoms with van der Waals surface area (Å²) in [6.45, 7) is 26.8. The SMILES string of the molecule is C=C1C=CC(C(C)(C)C)=C1.[CH2-][P+](C)(C)C1CCC(C(C)(C)C)C1.[CH3-].[CH3-].[CH3-].[Nd]. The summed E-state index contributed by atoms with van der Waals surface area (Å²) in [5, 5.41) is 0. The fourth-order valence-electron chi connectivity index (χ4n) is 3.34. The molecule has 0 amide bonds. The van der Waals surface area contributed by atoms with Crippen molar-refractivity contribution >= 4 is 7.26 Å². The van der Waals surface area contributed by atoms with Gasteiger partial charge in [0.1, 0.15) is 0 Å². The first kappa shape index (κ1) is 35.4. The van der Waals surface area contributed by atoms with Crippen molar-refractivity contribution < 1.29 is 40.8 Å². The van der Waals surface area contributed by atoms with Gasteiger partial charge in [0, 0.05) is 59.8 Å². The minimum atomic E-state index is -0.820. The maximum Gasteiger partial charge on any atom is 0.0428 e. The molecular formula is C25H48NdP-3. The van der Waals surface area contributed by atoms with E-state index < -0.39 is 7.26 Å². The standard InChI is InChI=1S/C12H25P.C10H14.3CH3.Nd/c1-12(2,3)10-7-8-11(9-10)13(4,5)6;1-8-5-6-9(7-8)10(2,3)4;;;;/h10-11H,4,7-9H2,1-3,5-6H3;5-7H,1H2,2-4H3;3*1H3;/q;;3*-1;. The molecule has 2 atom stereocenters. The van der Waals surface area contributed by atoms with Crippen LogP contribution in [0.2, 0.25) is 0 Å². The van der Waals surface area contributed by atoms with Crippen LogP contribution in [0.4, 0.5) is 0 Å². The third kappa shape index (κ3) is 12.3. The Hall–Kier alpha value is 1.00. The summed E-state index contributed by atoms with van der Waals surface area (Å²) in [5.41, 5.74) is 4.24. The molecule has 0 aromatic heterocycles. The second-order valence-corrected chi connectivity index (χ2v) is 14.4. The van der Waals surface area contributed by atoms with E-state index in [4.69, 9.17) is 0 Å². The number of rotatable bonds is 1. The molecule has 2 unspecified atom stereocenters. The molecule has 1 fully saturated rings. The molecule has 0 aliphatic heterocycles. The maximum absolute atomic E-state index is 4.38. The molecule has 0 saturated heterocycles. The predicted molar refractivity (Wildman–Crippen MR) is 130 cm³/mol.